The molecule has 2 aliphatic rings. The Labute approximate surface area is 265 Å². The number of amides is 2. The Balaban J connectivity index is 1.24. The molecular formula is C35H44N4O6. The number of nitrogens with zero attached hydrogens (tertiary/aromatic N) is 2. The summed E-state index contributed by atoms with van der Waals surface area (Å²) in [5, 5.41) is 14.8. The van der Waals surface area contributed by atoms with Gasteiger partial charge in [-0.25, -0.2) is 4.79 Å². The van der Waals surface area contributed by atoms with Gasteiger partial charge in [-0.05, 0) is 35.7 Å². The van der Waals surface area contributed by atoms with E-state index in [2.05, 4.69) is 57.7 Å². The molecule has 2 heterocycles. The van der Waals surface area contributed by atoms with Crippen molar-refractivity contribution in [3.63, 3.8) is 0 Å². The zero-order valence-corrected chi connectivity index (χ0v) is 26.1. The predicted molar refractivity (Wildman–Crippen MR) is 171 cm³/mol. The molecule has 0 bridgehead atoms. The lowest BCUT2D eigenvalue weighted by atomic mass is 9.90. The molecule has 3 N–H and O–H groups in total. The van der Waals surface area contributed by atoms with Gasteiger partial charge in [-0.1, -0.05) is 73.7 Å². The molecule has 4 atom stereocenters. The van der Waals surface area contributed by atoms with Gasteiger partial charge >= 0.3 is 12.0 Å². The fourth-order valence-electron chi connectivity index (χ4n) is 5.82. The van der Waals surface area contributed by atoms with Gasteiger partial charge in [0.05, 0.1) is 25.4 Å². The molecule has 0 unspecified atom stereocenters. The smallest absolute Gasteiger partial charge is 0.325 e. The maximum atomic E-state index is 12.2. The zero-order chi connectivity index (χ0) is 31.6. The summed E-state index contributed by atoms with van der Waals surface area (Å²) in [5.41, 5.74) is 4.65. The number of hydrogen-bond donors (Lipinski definition) is 3. The first-order valence-corrected chi connectivity index (χ1v) is 15.7. The van der Waals surface area contributed by atoms with E-state index in [-0.39, 0.29) is 37.9 Å². The van der Waals surface area contributed by atoms with Crippen molar-refractivity contribution in [1.29, 1.82) is 0 Å². The number of hydrogen-bond acceptors (Lipinski definition) is 8. The third kappa shape index (κ3) is 9.12. The molecule has 2 fully saturated rings. The monoisotopic (exact) mass is 616 g/mol. The van der Waals surface area contributed by atoms with Gasteiger partial charge in [0.1, 0.15) is 6.54 Å². The molecule has 5 rings (SSSR count). The van der Waals surface area contributed by atoms with Crippen molar-refractivity contribution >= 4 is 17.7 Å². The first kappa shape index (κ1) is 32.6. The number of anilines is 1. The highest BCUT2D eigenvalue weighted by Crippen LogP contribution is 2.42. The number of ether oxygens (including phenoxy) is 3. The van der Waals surface area contributed by atoms with Gasteiger partial charge in [0.15, 0.2) is 6.29 Å². The van der Waals surface area contributed by atoms with Crippen molar-refractivity contribution in [2.75, 3.05) is 51.2 Å². The third-order valence-electron chi connectivity index (χ3n) is 8.41. The lowest BCUT2D eigenvalue weighted by molar-refractivity contribution is -0.276. The van der Waals surface area contributed by atoms with Crippen LogP contribution in [0.2, 0.25) is 0 Å². The first-order chi connectivity index (χ1) is 21.9. The zero-order valence-electron chi connectivity index (χ0n) is 26.1. The highest BCUT2D eigenvalue weighted by Gasteiger charge is 2.39. The molecule has 240 valence electrons. The summed E-state index contributed by atoms with van der Waals surface area (Å²) in [6.07, 6.45) is -0.870. The molecule has 10 nitrogen and oxygen atoms in total. The first-order valence-electron chi connectivity index (χ1n) is 15.7. The number of aliphatic hydroxyl groups excluding tert-OH is 1. The summed E-state index contributed by atoms with van der Waals surface area (Å²) < 4.78 is 18.1. The van der Waals surface area contributed by atoms with E-state index in [1.54, 1.807) is 19.1 Å². The Morgan fingerprint density at radius 3 is 2.20 bits per heavy atom. The highest BCUT2D eigenvalue weighted by molar-refractivity contribution is 5.91. The molecule has 3 aromatic carbocycles. The van der Waals surface area contributed by atoms with Gasteiger partial charge in [-0.3, -0.25) is 14.6 Å². The van der Waals surface area contributed by atoms with Crippen molar-refractivity contribution in [1.82, 2.24) is 15.1 Å². The third-order valence-corrected chi connectivity index (χ3v) is 8.41. The van der Waals surface area contributed by atoms with Crippen LogP contribution in [0, 0.1) is 5.92 Å². The minimum atomic E-state index is -0.597. The number of esters is 1. The minimum absolute atomic E-state index is 0.00675. The van der Waals surface area contributed by atoms with Crippen LogP contribution in [-0.4, -0.2) is 78.9 Å². The predicted octanol–water partition coefficient (Wildman–Crippen LogP) is 4.47. The molecule has 0 aliphatic carbocycles. The minimum Gasteiger partial charge on any atom is -0.465 e. The Morgan fingerprint density at radius 2 is 1.53 bits per heavy atom. The van der Waals surface area contributed by atoms with Crippen LogP contribution < -0.4 is 10.6 Å². The molecular weight excluding hydrogens is 572 g/mol. The average Bonchev–Trinajstić information content (AvgIpc) is 3.07. The van der Waals surface area contributed by atoms with Crippen molar-refractivity contribution < 1.29 is 28.9 Å². The van der Waals surface area contributed by atoms with Crippen LogP contribution in [0.1, 0.15) is 48.5 Å². The van der Waals surface area contributed by atoms with E-state index < -0.39 is 18.3 Å². The molecule has 10 heteroatoms. The van der Waals surface area contributed by atoms with Crippen LogP contribution in [0.4, 0.5) is 10.5 Å². The van der Waals surface area contributed by atoms with E-state index in [4.69, 9.17) is 14.2 Å². The van der Waals surface area contributed by atoms with Gasteiger partial charge in [0, 0.05) is 56.4 Å². The van der Waals surface area contributed by atoms with Crippen molar-refractivity contribution in [3.05, 3.63) is 101 Å². The molecule has 2 amide bonds. The van der Waals surface area contributed by atoms with E-state index in [1.165, 1.54) is 5.56 Å². The van der Waals surface area contributed by atoms with E-state index >= 15 is 0 Å². The van der Waals surface area contributed by atoms with E-state index in [0.717, 1.165) is 56.0 Å². The van der Waals surface area contributed by atoms with Crippen LogP contribution in [0.15, 0.2) is 78.9 Å². The van der Waals surface area contributed by atoms with Gasteiger partial charge < -0.3 is 30.0 Å². The van der Waals surface area contributed by atoms with Crippen molar-refractivity contribution in [2.24, 2.45) is 5.92 Å². The molecule has 0 spiro atoms. The van der Waals surface area contributed by atoms with E-state index in [9.17, 15) is 14.7 Å². The number of benzene rings is 3. The standard InChI is InChI=1S/C35H44N4O6/c1-3-43-32(41)21-36-35(42)37-30-15-13-29(14-16-30)34-44-31(25(2)33(45-34)28-11-9-27(24-40)10-12-28)23-39-19-17-38(18-20-39)22-26-7-5-4-6-8-26/h4-16,25,31,33-34,40H,3,17-24H2,1-2H3,(H2,36,37,42)/t25-,31+,33+,34+/m0/s1. The van der Waals surface area contributed by atoms with Crippen LogP contribution in [0.3, 0.4) is 0 Å². The second-order valence-electron chi connectivity index (χ2n) is 11.6. The molecule has 0 saturated carbocycles. The number of rotatable bonds is 11. The van der Waals surface area contributed by atoms with Crippen LogP contribution in [0.5, 0.6) is 0 Å². The van der Waals surface area contributed by atoms with E-state index in [0.29, 0.717) is 5.69 Å². The lowest BCUT2D eigenvalue weighted by Crippen LogP contribution is -2.51. The number of carbonyl (C=O) groups is 2. The maximum absolute atomic E-state index is 12.2. The summed E-state index contributed by atoms with van der Waals surface area (Å²) in [4.78, 5) is 28.7. The van der Waals surface area contributed by atoms with Crippen LogP contribution in [0.25, 0.3) is 0 Å². The maximum Gasteiger partial charge on any atom is 0.325 e. The number of urea groups is 1. The summed E-state index contributed by atoms with van der Waals surface area (Å²) >= 11 is 0. The summed E-state index contributed by atoms with van der Waals surface area (Å²) in [5.74, 6) is -0.402. The van der Waals surface area contributed by atoms with Crippen molar-refractivity contribution in [3.8, 4) is 0 Å². The molecule has 2 aliphatic heterocycles. The van der Waals surface area contributed by atoms with Gasteiger partial charge in [-0.15, -0.1) is 0 Å². The normalized spacial score (nSPS) is 22.5. The Kier molecular flexibility index (Phi) is 11.6. The molecule has 0 radical (unpaired) electrons. The molecule has 3 aromatic rings. The Hall–Kier alpha value is -3.80. The van der Waals surface area contributed by atoms with Crippen LogP contribution in [-0.2, 0) is 32.2 Å². The SMILES string of the molecule is CCOC(=O)CNC(=O)Nc1ccc([C@@H]2O[C@H](CN3CCN(Cc4ccccc4)CC3)[C@H](C)[C@H](c3ccc(CO)cc3)O2)cc1. The highest BCUT2D eigenvalue weighted by atomic mass is 16.7. The molecule has 0 aromatic heterocycles. The Morgan fingerprint density at radius 1 is 0.867 bits per heavy atom. The number of piperazine rings is 1. The van der Waals surface area contributed by atoms with Crippen molar-refractivity contribution in [2.45, 2.75) is 45.5 Å². The fourth-order valence-corrected chi connectivity index (χ4v) is 5.82. The fraction of sp³-hybridized carbons (Fsp3) is 0.429. The summed E-state index contributed by atoms with van der Waals surface area (Å²) in [6, 6.07) is 25.4. The largest absolute Gasteiger partial charge is 0.465 e. The number of carbonyl (C=O) groups excluding carboxylic acids is 2. The summed E-state index contributed by atoms with van der Waals surface area (Å²) in [6.45, 7) is 9.65. The average molecular weight is 617 g/mol. The van der Waals surface area contributed by atoms with Crippen LogP contribution >= 0.6 is 0 Å². The summed E-state index contributed by atoms with van der Waals surface area (Å²) in [7, 11) is 0. The molecule has 45 heavy (non-hydrogen) atoms. The van der Waals surface area contributed by atoms with E-state index in [1.807, 2.05) is 36.4 Å². The quantitative estimate of drug-likeness (QED) is 0.271. The second kappa shape index (κ2) is 16.0. The number of nitrogens with one attached hydrogen (secondary N) is 2. The number of aliphatic hydroxyl groups is 1. The second-order valence-corrected chi connectivity index (χ2v) is 11.6. The Bertz CT molecular complexity index is 1360. The van der Waals surface area contributed by atoms with Gasteiger partial charge in [0.2, 0.25) is 0 Å². The van der Waals surface area contributed by atoms with Gasteiger partial charge in [0.25, 0.3) is 0 Å². The molecule has 2 saturated heterocycles. The van der Waals surface area contributed by atoms with Gasteiger partial charge in [-0.2, -0.15) is 0 Å². The topological polar surface area (TPSA) is 113 Å². The lowest BCUT2D eigenvalue weighted by Gasteiger charge is -2.44.